The summed E-state index contributed by atoms with van der Waals surface area (Å²) in [6, 6.07) is 4.47. The molecule has 0 aromatic heterocycles. The van der Waals surface area contributed by atoms with E-state index in [1.807, 2.05) is 0 Å². The second-order valence-electron chi connectivity index (χ2n) is 2.57. The number of halogens is 2. The third-order valence-corrected chi connectivity index (χ3v) is 1.96. The highest BCUT2D eigenvalue weighted by atomic mass is 35.5. The van der Waals surface area contributed by atoms with E-state index in [2.05, 4.69) is 0 Å². The first-order chi connectivity index (χ1) is 5.65. The fraction of sp³-hybridized carbons (Fsp3) is 0.222. The molecular weight excluding hydrogens is 179 g/mol. The Hall–Kier alpha value is -0.600. The van der Waals surface area contributed by atoms with Gasteiger partial charge in [0.25, 0.3) is 0 Å². The minimum Gasteiger partial charge on any atom is -0.395 e. The highest BCUT2D eigenvalue weighted by Crippen LogP contribution is 2.20. The zero-order valence-corrected chi connectivity index (χ0v) is 7.40. The normalized spacial score (nSPS) is 10.8. The van der Waals surface area contributed by atoms with Crippen molar-refractivity contribution in [1.82, 2.24) is 0 Å². The molecule has 65 valence electrons. The fourth-order valence-electron chi connectivity index (χ4n) is 0.853. The van der Waals surface area contributed by atoms with Crippen LogP contribution in [0.4, 0.5) is 4.39 Å². The molecule has 0 fully saturated rings. The van der Waals surface area contributed by atoms with Crippen LogP contribution in [0.15, 0.2) is 18.2 Å². The van der Waals surface area contributed by atoms with Crippen LogP contribution in [0.3, 0.4) is 0 Å². The van der Waals surface area contributed by atoms with Crippen molar-refractivity contribution in [2.45, 2.75) is 6.92 Å². The first-order valence-electron chi connectivity index (χ1n) is 3.54. The van der Waals surface area contributed by atoms with E-state index in [9.17, 15) is 4.39 Å². The van der Waals surface area contributed by atoms with Gasteiger partial charge in [-0.15, -0.1) is 0 Å². The number of aliphatic hydroxyl groups excluding tert-OH is 1. The fourth-order valence-corrected chi connectivity index (χ4v) is 0.970. The van der Waals surface area contributed by atoms with E-state index in [1.165, 1.54) is 12.1 Å². The van der Waals surface area contributed by atoms with E-state index < -0.39 is 5.82 Å². The lowest BCUT2D eigenvalue weighted by Crippen LogP contribution is -2.00. The second-order valence-corrected chi connectivity index (χ2v) is 2.97. The summed E-state index contributed by atoms with van der Waals surface area (Å²) < 4.78 is 12.8. The summed E-state index contributed by atoms with van der Waals surface area (Å²) >= 11 is 5.48. The van der Waals surface area contributed by atoms with Gasteiger partial charge in [0.05, 0.1) is 11.6 Å². The predicted octanol–water partition coefficient (Wildman–Crippen LogP) is 2.41. The monoisotopic (exact) mass is 187 g/mol. The van der Waals surface area contributed by atoms with Crippen molar-refractivity contribution in [3.63, 3.8) is 0 Å². The van der Waals surface area contributed by atoms with E-state index in [1.54, 1.807) is 13.0 Å². The Morgan fingerprint density at radius 3 is 2.75 bits per heavy atom. The largest absolute Gasteiger partial charge is 0.395 e. The predicted molar refractivity (Wildman–Crippen MR) is 46.5 cm³/mol. The van der Waals surface area contributed by atoms with Gasteiger partial charge in [0.1, 0.15) is 5.82 Å². The highest BCUT2D eigenvalue weighted by Gasteiger charge is 2.07. The summed E-state index contributed by atoms with van der Waals surface area (Å²) in [7, 11) is 0. The summed E-state index contributed by atoms with van der Waals surface area (Å²) in [6.07, 6.45) is 0. The Morgan fingerprint density at radius 2 is 2.25 bits per heavy atom. The molecule has 1 radical (unpaired) electrons. The molecule has 3 heteroatoms. The molecule has 0 saturated heterocycles. The third-order valence-electron chi connectivity index (χ3n) is 1.65. The third kappa shape index (κ3) is 1.96. The number of hydrogen-bond donors (Lipinski definition) is 1. The maximum atomic E-state index is 12.8. The molecule has 1 rings (SSSR count). The summed E-state index contributed by atoms with van der Waals surface area (Å²) in [5, 5.41) is 8.86. The molecule has 0 amide bonds. The minimum atomic E-state index is -0.457. The van der Waals surface area contributed by atoms with E-state index in [0.29, 0.717) is 5.56 Å². The summed E-state index contributed by atoms with van der Waals surface area (Å²) in [5.74, 6) is 0.271. The lowest BCUT2D eigenvalue weighted by atomic mass is 10.0. The SMILES string of the molecule is C[C](CO)c1ccc(Cl)c(F)c1. The Morgan fingerprint density at radius 1 is 1.58 bits per heavy atom. The van der Waals surface area contributed by atoms with Crippen LogP contribution in [0.5, 0.6) is 0 Å². The molecule has 1 nitrogen and oxygen atoms in total. The van der Waals surface area contributed by atoms with Crippen LogP contribution < -0.4 is 0 Å². The van der Waals surface area contributed by atoms with Crippen molar-refractivity contribution < 1.29 is 9.50 Å². The Kier molecular flexibility index (Phi) is 3.06. The zero-order valence-electron chi connectivity index (χ0n) is 6.64. The molecule has 0 saturated carbocycles. The van der Waals surface area contributed by atoms with Crippen LogP contribution in [0.1, 0.15) is 12.5 Å². The van der Waals surface area contributed by atoms with Gasteiger partial charge in [0.15, 0.2) is 0 Å². The van der Waals surface area contributed by atoms with Crippen molar-refractivity contribution >= 4 is 11.6 Å². The van der Waals surface area contributed by atoms with Crippen LogP contribution in [0.25, 0.3) is 0 Å². The van der Waals surface area contributed by atoms with Crippen LogP contribution in [0, 0.1) is 11.7 Å². The lowest BCUT2D eigenvalue weighted by Gasteiger charge is -2.07. The van der Waals surface area contributed by atoms with Crippen molar-refractivity contribution in [3.05, 3.63) is 40.5 Å². The van der Waals surface area contributed by atoms with Crippen LogP contribution in [-0.4, -0.2) is 11.7 Å². The number of rotatable bonds is 2. The van der Waals surface area contributed by atoms with Gasteiger partial charge in [-0.2, -0.15) is 0 Å². The molecule has 0 heterocycles. The summed E-state index contributed by atoms with van der Waals surface area (Å²) in [5.41, 5.74) is 0.680. The summed E-state index contributed by atoms with van der Waals surface area (Å²) in [6.45, 7) is 1.67. The van der Waals surface area contributed by atoms with Crippen molar-refractivity contribution in [1.29, 1.82) is 0 Å². The first-order valence-corrected chi connectivity index (χ1v) is 3.91. The van der Waals surface area contributed by atoms with Gasteiger partial charge in [-0.3, -0.25) is 0 Å². The molecule has 0 aliphatic carbocycles. The minimum absolute atomic E-state index is 0.0684. The van der Waals surface area contributed by atoms with Crippen molar-refractivity contribution in [2.75, 3.05) is 6.61 Å². The van der Waals surface area contributed by atoms with E-state index in [4.69, 9.17) is 16.7 Å². The molecule has 0 unspecified atom stereocenters. The molecule has 1 aromatic rings. The van der Waals surface area contributed by atoms with E-state index in [-0.39, 0.29) is 11.6 Å². The standard InChI is InChI=1S/C9H9ClFO/c1-6(5-12)7-2-3-8(10)9(11)4-7/h2-4,12H,5H2,1H3. The van der Waals surface area contributed by atoms with Gasteiger partial charge in [-0.1, -0.05) is 24.6 Å². The molecule has 12 heavy (non-hydrogen) atoms. The molecule has 0 aliphatic heterocycles. The van der Waals surface area contributed by atoms with Crippen LogP contribution in [-0.2, 0) is 0 Å². The van der Waals surface area contributed by atoms with Crippen molar-refractivity contribution in [2.24, 2.45) is 0 Å². The van der Waals surface area contributed by atoms with Crippen LogP contribution in [0.2, 0.25) is 5.02 Å². The van der Waals surface area contributed by atoms with Gasteiger partial charge < -0.3 is 5.11 Å². The number of benzene rings is 1. The Bertz CT molecular complexity index is 275. The van der Waals surface area contributed by atoms with E-state index in [0.717, 1.165) is 5.92 Å². The van der Waals surface area contributed by atoms with Crippen LogP contribution >= 0.6 is 11.6 Å². The smallest absolute Gasteiger partial charge is 0.142 e. The maximum Gasteiger partial charge on any atom is 0.142 e. The van der Waals surface area contributed by atoms with Gasteiger partial charge in [-0.25, -0.2) is 4.39 Å². The molecule has 0 spiro atoms. The highest BCUT2D eigenvalue weighted by molar-refractivity contribution is 6.30. The molecule has 0 aliphatic rings. The molecule has 1 N–H and O–H groups in total. The second kappa shape index (κ2) is 3.87. The topological polar surface area (TPSA) is 20.2 Å². The number of aliphatic hydroxyl groups is 1. The van der Waals surface area contributed by atoms with Crippen molar-refractivity contribution in [3.8, 4) is 0 Å². The maximum absolute atomic E-state index is 12.8. The lowest BCUT2D eigenvalue weighted by molar-refractivity contribution is 0.315. The Labute approximate surface area is 75.8 Å². The molecule has 1 aromatic carbocycles. The van der Waals surface area contributed by atoms with Gasteiger partial charge in [-0.05, 0) is 17.7 Å². The molecular formula is C9H9ClFO. The quantitative estimate of drug-likeness (QED) is 0.754. The number of hydrogen-bond acceptors (Lipinski definition) is 1. The average molecular weight is 188 g/mol. The van der Waals surface area contributed by atoms with Gasteiger partial charge in [0, 0.05) is 5.92 Å². The van der Waals surface area contributed by atoms with Gasteiger partial charge in [0.2, 0.25) is 0 Å². The first kappa shape index (κ1) is 9.49. The Balaban J connectivity index is 2.96. The average Bonchev–Trinajstić information content (AvgIpc) is 2.08. The zero-order chi connectivity index (χ0) is 9.14. The van der Waals surface area contributed by atoms with E-state index >= 15 is 0 Å². The summed E-state index contributed by atoms with van der Waals surface area (Å²) in [4.78, 5) is 0. The molecule has 0 atom stereocenters. The van der Waals surface area contributed by atoms with Gasteiger partial charge >= 0.3 is 0 Å². The molecule has 0 bridgehead atoms.